The van der Waals surface area contributed by atoms with Crippen LogP contribution in [-0.4, -0.2) is 36.5 Å². The predicted octanol–water partition coefficient (Wildman–Crippen LogP) is 5.24. The summed E-state index contributed by atoms with van der Waals surface area (Å²) in [6.07, 6.45) is 2.16. The number of carbonyl (C=O) groups excluding carboxylic acids is 1. The van der Waals surface area contributed by atoms with Crippen LogP contribution in [0.2, 0.25) is 0 Å². The topological polar surface area (TPSA) is 81.9 Å². The van der Waals surface area contributed by atoms with Crippen LogP contribution >= 0.6 is 24.0 Å². The number of amides is 2. The minimum Gasteiger partial charge on any atom is -0.459 e. The molecule has 1 fully saturated rings. The van der Waals surface area contributed by atoms with Crippen molar-refractivity contribution >= 4 is 52.6 Å². The number of guanidine groups is 1. The summed E-state index contributed by atoms with van der Waals surface area (Å²) in [4.78, 5) is 18.9. The molecule has 1 aromatic heterocycles. The van der Waals surface area contributed by atoms with E-state index in [1.54, 1.807) is 0 Å². The number of rotatable bonds is 6. The van der Waals surface area contributed by atoms with Gasteiger partial charge >= 0.3 is 6.03 Å². The standard InChI is InChI=1S/C25H31N5O2.HI/c1-3-26-24(28-17-23-18(2)21-11-4-5-12-22(21)32-23)27-16-19-9-8-10-20(15-19)29-25(31)30-13-6-7-14-30;/h4-5,8-12,15H,3,6-7,13-14,16-17H2,1-2H3,(H,29,31)(H2,26,27,28);1H. The zero-order valence-electron chi connectivity index (χ0n) is 19.2. The van der Waals surface area contributed by atoms with Crippen LogP contribution in [-0.2, 0) is 13.1 Å². The summed E-state index contributed by atoms with van der Waals surface area (Å²) in [6, 6.07) is 15.9. The van der Waals surface area contributed by atoms with E-state index in [0.717, 1.165) is 72.0 Å². The summed E-state index contributed by atoms with van der Waals surface area (Å²) in [7, 11) is 0. The summed E-state index contributed by atoms with van der Waals surface area (Å²) in [5, 5.41) is 10.8. The Morgan fingerprint density at radius 2 is 1.88 bits per heavy atom. The number of nitrogens with one attached hydrogen (secondary N) is 3. The molecule has 8 heteroatoms. The van der Waals surface area contributed by atoms with Crippen LogP contribution in [0, 0.1) is 6.92 Å². The number of hydrogen-bond acceptors (Lipinski definition) is 3. The van der Waals surface area contributed by atoms with Crippen molar-refractivity contribution in [1.82, 2.24) is 15.5 Å². The molecule has 0 bridgehead atoms. The van der Waals surface area contributed by atoms with Crippen LogP contribution in [0.3, 0.4) is 0 Å². The van der Waals surface area contributed by atoms with Crippen molar-refractivity contribution in [3.63, 3.8) is 0 Å². The number of halogens is 1. The monoisotopic (exact) mass is 561 g/mol. The van der Waals surface area contributed by atoms with Crippen LogP contribution < -0.4 is 16.0 Å². The molecule has 7 nitrogen and oxygen atoms in total. The van der Waals surface area contributed by atoms with Gasteiger partial charge < -0.3 is 25.3 Å². The molecule has 0 radical (unpaired) electrons. The Kier molecular flexibility index (Phi) is 8.99. The lowest BCUT2D eigenvalue weighted by atomic mass is 10.1. The molecular weight excluding hydrogens is 529 g/mol. The summed E-state index contributed by atoms with van der Waals surface area (Å²) >= 11 is 0. The van der Waals surface area contributed by atoms with Gasteiger partial charge in [0, 0.05) is 36.3 Å². The zero-order valence-corrected chi connectivity index (χ0v) is 21.5. The minimum absolute atomic E-state index is 0. The van der Waals surface area contributed by atoms with E-state index < -0.39 is 0 Å². The molecule has 1 aliphatic heterocycles. The molecule has 3 N–H and O–H groups in total. The van der Waals surface area contributed by atoms with Crippen molar-refractivity contribution in [2.75, 3.05) is 25.0 Å². The molecule has 176 valence electrons. The van der Waals surface area contributed by atoms with Gasteiger partial charge in [0.2, 0.25) is 0 Å². The Morgan fingerprint density at radius 1 is 1.09 bits per heavy atom. The quantitative estimate of drug-likeness (QED) is 0.219. The fraction of sp³-hybridized carbons (Fsp3) is 0.360. The van der Waals surface area contributed by atoms with Crippen molar-refractivity contribution in [2.24, 2.45) is 4.99 Å². The third-order valence-electron chi connectivity index (χ3n) is 5.69. The first-order valence-corrected chi connectivity index (χ1v) is 11.3. The Balaban J connectivity index is 0.00000306. The van der Waals surface area contributed by atoms with Crippen molar-refractivity contribution in [1.29, 1.82) is 0 Å². The summed E-state index contributed by atoms with van der Waals surface area (Å²) in [5.41, 5.74) is 3.87. The molecule has 0 saturated carbocycles. The van der Waals surface area contributed by atoms with Gasteiger partial charge in [-0.15, -0.1) is 24.0 Å². The molecular formula is C25H32IN5O2. The van der Waals surface area contributed by atoms with Gasteiger partial charge in [-0.25, -0.2) is 9.79 Å². The Hall–Kier alpha value is -2.75. The first-order chi connectivity index (χ1) is 15.6. The number of para-hydroxylation sites is 1. The highest BCUT2D eigenvalue weighted by Crippen LogP contribution is 2.24. The van der Waals surface area contributed by atoms with E-state index in [1.165, 1.54) is 0 Å². The second kappa shape index (κ2) is 11.9. The molecule has 3 aromatic rings. The minimum atomic E-state index is -0.0284. The molecule has 1 saturated heterocycles. The van der Waals surface area contributed by atoms with Gasteiger partial charge in [-0.3, -0.25) is 0 Å². The molecule has 0 unspecified atom stereocenters. The summed E-state index contributed by atoms with van der Waals surface area (Å²) in [5.74, 6) is 1.63. The Labute approximate surface area is 212 Å². The highest BCUT2D eigenvalue weighted by molar-refractivity contribution is 14.0. The fourth-order valence-corrected chi connectivity index (χ4v) is 3.94. The number of nitrogens with zero attached hydrogens (tertiary/aromatic N) is 2. The van der Waals surface area contributed by atoms with Crippen molar-refractivity contribution in [3.05, 3.63) is 65.4 Å². The van der Waals surface area contributed by atoms with Crippen LogP contribution in [0.15, 0.2) is 57.9 Å². The zero-order chi connectivity index (χ0) is 22.3. The Morgan fingerprint density at radius 3 is 2.64 bits per heavy atom. The van der Waals surface area contributed by atoms with Crippen molar-refractivity contribution in [3.8, 4) is 0 Å². The molecule has 2 aromatic carbocycles. The molecule has 2 heterocycles. The van der Waals surface area contributed by atoms with E-state index in [4.69, 9.17) is 9.41 Å². The smallest absolute Gasteiger partial charge is 0.321 e. The van der Waals surface area contributed by atoms with E-state index in [-0.39, 0.29) is 30.0 Å². The maximum absolute atomic E-state index is 12.3. The molecule has 0 aliphatic carbocycles. The van der Waals surface area contributed by atoms with Gasteiger partial charge in [-0.05, 0) is 50.5 Å². The Bertz CT molecular complexity index is 1110. The van der Waals surface area contributed by atoms with E-state index >= 15 is 0 Å². The molecule has 0 atom stereocenters. The highest BCUT2D eigenvalue weighted by atomic mass is 127. The number of furan rings is 1. The largest absolute Gasteiger partial charge is 0.459 e. The van der Waals surface area contributed by atoms with E-state index in [9.17, 15) is 4.79 Å². The van der Waals surface area contributed by atoms with Crippen molar-refractivity contribution < 1.29 is 9.21 Å². The number of aryl methyl sites for hydroxylation is 1. The highest BCUT2D eigenvalue weighted by Gasteiger charge is 2.17. The van der Waals surface area contributed by atoms with Crippen LogP contribution in [0.1, 0.15) is 36.7 Å². The number of hydrogen-bond donors (Lipinski definition) is 3. The van der Waals surface area contributed by atoms with Crippen LogP contribution in [0.5, 0.6) is 0 Å². The van der Waals surface area contributed by atoms with Gasteiger partial charge in [0.15, 0.2) is 5.96 Å². The number of fused-ring (bicyclic) bond motifs is 1. The van der Waals surface area contributed by atoms with Crippen LogP contribution in [0.25, 0.3) is 11.0 Å². The van der Waals surface area contributed by atoms with E-state index in [0.29, 0.717) is 13.1 Å². The lowest BCUT2D eigenvalue weighted by Crippen LogP contribution is -2.36. The molecule has 33 heavy (non-hydrogen) atoms. The fourth-order valence-electron chi connectivity index (χ4n) is 3.94. The van der Waals surface area contributed by atoms with Gasteiger partial charge in [0.25, 0.3) is 0 Å². The van der Waals surface area contributed by atoms with E-state index in [2.05, 4.69) is 28.9 Å². The number of aliphatic imine (C=N–C) groups is 1. The first kappa shape index (κ1) is 24.9. The number of anilines is 1. The van der Waals surface area contributed by atoms with E-state index in [1.807, 2.05) is 54.3 Å². The summed E-state index contributed by atoms with van der Waals surface area (Å²) in [6.45, 7) is 7.60. The lowest BCUT2D eigenvalue weighted by Gasteiger charge is -2.16. The third-order valence-corrected chi connectivity index (χ3v) is 5.69. The van der Waals surface area contributed by atoms with Crippen molar-refractivity contribution in [2.45, 2.75) is 39.8 Å². The average Bonchev–Trinajstić information content (AvgIpc) is 3.45. The molecule has 1 aliphatic rings. The SMILES string of the molecule is CCNC(=NCc1cccc(NC(=O)N2CCCC2)c1)NCc1oc2ccccc2c1C.I. The first-order valence-electron chi connectivity index (χ1n) is 11.3. The lowest BCUT2D eigenvalue weighted by molar-refractivity contribution is 0.222. The molecule has 2 amide bonds. The predicted molar refractivity (Wildman–Crippen MR) is 144 cm³/mol. The number of benzene rings is 2. The number of carbonyl (C=O) groups is 1. The second-order valence-electron chi connectivity index (χ2n) is 8.02. The van der Waals surface area contributed by atoms with Gasteiger partial charge in [-0.2, -0.15) is 0 Å². The van der Waals surface area contributed by atoms with Gasteiger partial charge in [0.1, 0.15) is 11.3 Å². The number of urea groups is 1. The maximum Gasteiger partial charge on any atom is 0.321 e. The number of likely N-dealkylation sites (tertiary alicyclic amines) is 1. The average molecular weight is 561 g/mol. The third kappa shape index (κ3) is 6.40. The molecule has 4 rings (SSSR count). The normalized spacial score (nSPS) is 13.6. The maximum atomic E-state index is 12.3. The second-order valence-corrected chi connectivity index (χ2v) is 8.02. The van der Waals surface area contributed by atoms with Gasteiger partial charge in [-0.1, -0.05) is 30.3 Å². The summed E-state index contributed by atoms with van der Waals surface area (Å²) < 4.78 is 6.00. The van der Waals surface area contributed by atoms with Crippen LogP contribution in [0.4, 0.5) is 10.5 Å². The van der Waals surface area contributed by atoms with Gasteiger partial charge in [0.05, 0.1) is 13.1 Å². The molecule has 0 spiro atoms.